The monoisotopic (exact) mass is 274 g/mol. The number of aromatic nitrogens is 1. The van der Waals surface area contributed by atoms with E-state index in [2.05, 4.69) is 35.0 Å². The summed E-state index contributed by atoms with van der Waals surface area (Å²) in [5.41, 5.74) is 2.26. The smallest absolute Gasteiger partial charge is 0.0583 e. The van der Waals surface area contributed by atoms with Crippen LogP contribution in [0.2, 0.25) is 0 Å². The highest BCUT2D eigenvalue weighted by Gasteiger charge is 2.36. The average Bonchev–Trinajstić information content (AvgIpc) is 2.87. The molecule has 0 spiro atoms. The zero-order valence-corrected chi connectivity index (χ0v) is 12.5. The van der Waals surface area contributed by atoms with Crippen molar-refractivity contribution in [2.75, 3.05) is 6.54 Å². The molecule has 3 unspecified atom stereocenters. The van der Waals surface area contributed by atoms with Crippen LogP contribution < -0.4 is 0 Å². The Balaban J connectivity index is 1.69. The fourth-order valence-corrected chi connectivity index (χ4v) is 4.02. The molecule has 0 amide bonds. The van der Waals surface area contributed by atoms with E-state index in [0.29, 0.717) is 12.0 Å². The molecule has 3 rings (SSSR count). The first-order valence-corrected chi connectivity index (χ1v) is 8.09. The molecule has 1 aliphatic carbocycles. The van der Waals surface area contributed by atoms with E-state index in [1.165, 1.54) is 37.8 Å². The first-order chi connectivity index (χ1) is 9.74. The molecule has 1 aromatic rings. The van der Waals surface area contributed by atoms with Crippen LogP contribution in [0.4, 0.5) is 0 Å². The van der Waals surface area contributed by atoms with Crippen LogP contribution in [0, 0.1) is 12.8 Å². The zero-order chi connectivity index (χ0) is 13.9. The molecule has 3 atom stereocenters. The van der Waals surface area contributed by atoms with Gasteiger partial charge in [0.15, 0.2) is 0 Å². The number of aryl methyl sites for hydroxylation is 1. The highest BCUT2D eigenvalue weighted by Crippen LogP contribution is 2.35. The summed E-state index contributed by atoms with van der Waals surface area (Å²) in [6.07, 6.45) is 7.10. The van der Waals surface area contributed by atoms with Gasteiger partial charge in [-0.2, -0.15) is 0 Å². The van der Waals surface area contributed by atoms with Crippen LogP contribution in [0.1, 0.15) is 49.9 Å². The van der Waals surface area contributed by atoms with Gasteiger partial charge in [0, 0.05) is 24.2 Å². The number of pyridine rings is 1. The Labute approximate surface area is 122 Å². The average molecular weight is 274 g/mol. The predicted octanol–water partition coefficient (Wildman–Crippen LogP) is 2.91. The van der Waals surface area contributed by atoms with Crippen molar-refractivity contribution in [1.82, 2.24) is 9.88 Å². The van der Waals surface area contributed by atoms with Gasteiger partial charge < -0.3 is 5.11 Å². The Kier molecular flexibility index (Phi) is 4.37. The van der Waals surface area contributed by atoms with E-state index < -0.39 is 0 Å². The van der Waals surface area contributed by atoms with Crippen molar-refractivity contribution in [3.63, 3.8) is 0 Å². The second-order valence-corrected chi connectivity index (χ2v) is 6.47. The quantitative estimate of drug-likeness (QED) is 0.920. The van der Waals surface area contributed by atoms with Gasteiger partial charge in [0.05, 0.1) is 11.8 Å². The number of nitrogens with zero attached hydrogens (tertiary/aromatic N) is 2. The van der Waals surface area contributed by atoms with Crippen molar-refractivity contribution >= 4 is 0 Å². The fourth-order valence-electron chi connectivity index (χ4n) is 4.02. The van der Waals surface area contributed by atoms with Gasteiger partial charge in [0.25, 0.3) is 0 Å². The van der Waals surface area contributed by atoms with Gasteiger partial charge in [-0.1, -0.05) is 18.9 Å². The number of hydrogen-bond acceptors (Lipinski definition) is 3. The summed E-state index contributed by atoms with van der Waals surface area (Å²) in [4.78, 5) is 7.19. The Hall–Kier alpha value is -0.930. The van der Waals surface area contributed by atoms with Crippen LogP contribution in [-0.4, -0.2) is 33.7 Å². The second-order valence-electron chi connectivity index (χ2n) is 6.47. The summed E-state index contributed by atoms with van der Waals surface area (Å²) in [5, 5.41) is 10.3. The topological polar surface area (TPSA) is 36.4 Å². The molecule has 3 heteroatoms. The summed E-state index contributed by atoms with van der Waals surface area (Å²) in [6, 6.07) is 6.83. The van der Waals surface area contributed by atoms with Crippen LogP contribution in [0.3, 0.4) is 0 Å². The maximum atomic E-state index is 10.3. The van der Waals surface area contributed by atoms with E-state index in [-0.39, 0.29) is 6.10 Å². The molecule has 1 saturated heterocycles. The first-order valence-electron chi connectivity index (χ1n) is 8.09. The molecular weight excluding hydrogens is 248 g/mol. The van der Waals surface area contributed by atoms with E-state index in [1.54, 1.807) is 0 Å². The third-order valence-corrected chi connectivity index (χ3v) is 5.00. The van der Waals surface area contributed by atoms with Crippen molar-refractivity contribution in [3.8, 4) is 0 Å². The summed E-state index contributed by atoms with van der Waals surface area (Å²) >= 11 is 0. The Morgan fingerprint density at radius 2 is 2.05 bits per heavy atom. The lowest BCUT2D eigenvalue weighted by Crippen LogP contribution is -2.42. The molecule has 3 nitrogen and oxygen atoms in total. The lowest BCUT2D eigenvalue weighted by atomic mass is 9.80. The minimum absolute atomic E-state index is 0.0835. The molecule has 1 aliphatic heterocycles. The number of likely N-dealkylation sites (tertiary alicyclic amines) is 1. The van der Waals surface area contributed by atoms with E-state index in [9.17, 15) is 5.11 Å². The zero-order valence-electron chi connectivity index (χ0n) is 12.5. The van der Waals surface area contributed by atoms with Crippen molar-refractivity contribution < 1.29 is 5.11 Å². The van der Waals surface area contributed by atoms with Crippen LogP contribution >= 0.6 is 0 Å². The molecular formula is C17H26N2O. The predicted molar refractivity (Wildman–Crippen MR) is 80.4 cm³/mol. The van der Waals surface area contributed by atoms with Gasteiger partial charge in [-0.3, -0.25) is 9.88 Å². The standard InChI is InChI=1S/C17H26N2O/c1-13-6-4-7-14(18-13)12-19-11-5-9-16(19)15-8-2-3-10-17(15)20/h4,6-7,15-17,20H,2-3,5,8-12H2,1H3. The molecule has 0 radical (unpaired) electrons. The fraction of sp³-hybridized carbons (Fsp3) is 0.706. The first kappa shape index (κ1) is 14.0. The van der Waals surface area contributed by atoms with E-state index in [0.717, 1.165) is 25.2 Å². The molecule has 0 bridgehead atoms. The van der Waals surface area contributed by atoms with Gasteiger partial charge in [0.2, 0.25) is 0 Å². The highest BCUT2D eigenvalue weighted by molar-refractivity contribution is 5.10. The molecule has 0 aromatic carbocycles. The van der Waals surface area contributed by atoms with Crippen LogP contribution in [0.25, 0.3) is 0 Å². The molecule has 20 heavy (non-hydrogen) atoms. The van der Waals surface area contributed by atoms with Crippen molar-refractivity contribution in [2.24, 2.45) is 5.92 Å². The van der Waals surface area contributed by atoms with Gasteiger partial charge in [0.1, 0.15) is 0 Å². The molecule has 1 saturated carbocycles. The van der Waals surface area contributed by atoms with Crippen LogP contribution in [0.15, 0.2) is 18.2 Å². The maximum Gasteiger partial charge on any atom is 0.0583 e. The Morgan fingerprint density at radius 3 is 2.85 bits per heavy atom. The number of rotatable bonds is 3. The van der Waals surface area contributed by atoms with Crippen LogP contribution in [-0.2, 0) is 6.54 Å². The Morgan fingerprint density at radius 1 is 1.20 bits per heavy atom. The number of aliphatic hydroxyl groups excluding tert-OH is 1. The van der Waals surface area contributed by atoms with Crippen molar-refractivity contribution in [3.05, 3.63) is 29.6 Å². The minimum Gasteiger partial charge on any atom is -0.393 e. The highest BCUT2D eigenvalue weighted by atomic mass is 16.3. The molecule has 2 aliphatic rings. The third-order valence-electron chi connectivity index (χ3n) is 5.00. The summed E-state index contributed by atoms with van der Waals surface area (Å²) in [6.45, 7) is 4.15. The molecule has 2 fully saturated rings. The van der Waals surface area contributed by atoms with Gasteiger partial charge in [-0.25, -0.2) is 0 Å². The normalized spacial score (nSPS) is 31.6. The van der Waals surface area contributed by atoms with Crippen molar-refractivity contribution in [1.29, 1.82) is 0 Å². The minimum atomic E-state index is -0.0835. The van der Waals surface area contributed by atoms with Gasteiger partial charge >= 0.3 is 0 Å². The Bertz CT molecular complexity index is 448. The lowest BCUT2D eigenvalue weighted by molar-refractivity contribution is 0.0198. The SMILES string of the molecule is Cc1cccc(CN2CCCC2C2CCCCC2O)n1. The summed E-state index contributed by atoms with van der Waals surface area (Å²) in [5.74, 6) is 0.482. The molecule has 110 valence electrons. The number of hydrogen-bond donors (Lipinski definition) is 1. The summed E-state index contributed by atoms with van der Waals surface area (Å²) in [7, 11) is 0. The van der Waals surface area contributed by atoms with E-state index >= 15 is 0 Å². The molecule has 1 N–H and O–H groups in total. The number of aliphatic hydroxyl groups is 1. The largest absolute Gasteiger partial charge is 0.393 e. The molecule has 1 aromatic heterocycles. The van der Waals surface area contributed by atoms with E-state index in [4.69, 9.17) is 0 Å². The van der Waals surface area contributed by atoms with Crippen molar-refractivity contribution in [2.45, 2.75) is 64.1 Å². The van der Waals surface area contributed by atoms with Gasteiger partial charge in [-0.15, -0.1) is 0 Å². The second kappa shape index (κ2) is 6.23. The lowest BCUT2D eigenvalue weighted by Gasteiger charge is -2.37. The van der Waals surface area contributed by atoms with E-state index in [1.807, 2.05) is 0 Å². The molecule has 2 heterocycles. The van der Waals surface area contributed by atoms with Gasteiger partial charge in [-0.05, 0) is 51.3 Å². The maximum absolute atomic E-state index is 10.3. The third kappa shape index (κ3) is 3.04. The summed E-state index contributed by atoms with van der Waals surface area (Å²) < 4.78 is 0. The van der Waals surface area contributed by atoms with Crippen LogP contribution in [0.5, 0.6) is 0 Å².